The SMILES string of the molecule is COc1cc(/C=C2/SC(=O)N(CC(=O)Nc3ccc(F)c(Cl)c3)C2=O)ccc1OCc1ccccc1. The van der Waals surface area contributed by atoms with E-state index >= 15 is 0 Å². The molecule has 184 valence electrons. The van der Waals surface area contributed by atoms with Crippen LogP contribution in [-0.4, -0.2) is 35.6 Å². The molecule has 1 aliphatic rings. The molecule has 0 unspecified atom stereocenters. The van der Waals surface area contributed by atoms with Crippen molar-refractivity contribution in [1.29, 1.82) is 0 Å². The number of benzene rings is 3. The van der Waals surface area contributed by atoms with Gasteiger partial charge in [-0.1, -0.05) is 48.0 Å². The van der Waals surface area contributed by atoms with Gasteiger partial charge in [0.15, 0.2) is 11.5 Å². The summed E-state index contributed by atoms with van der Waals surface area (Å²) in [4.78, 5) is 38.6. The fraction of sp³-hybridized carbons (Fsp3) is 0.115. The third kappa shape index (κ3) is 6.05. The summed E-state index contributed by atoms with van der Waals surface area (Å²) in [7, 11) is 1.51. The molecule has 0 saturated carbocycles. The molecule has 0 radical (unpaired) electrons. The molecular weight excluding hydrogens is 507 g/mol. The maximum absolute atomic E-state index is 13.3. The van der Waals surface area contributed by atoms with Gasteiger partial charge in [-0.3, -0.25) is 19.3 Å². The Hall–Kier alpha value is -3.82. The number of nitrogens with zero attached hydrogens (tertiary/aromatic N) is 1. The fourth-order valence-corrected chi connectivity index (χ4v) is 4.35. The molecule has 1 aliphatic heterocycles. The van der Waals surface area contributed by atoms with Crippen LogP contribution >= 0.6 is 23.4 Å². The third-order valence-corrected chi connectivity index (χ3v) is 6.30. The Balaban J connectivity index is 1.42. The number of hydrogen-bond acceptors (Lipinski definition) is 6. The second kappa shape index (κ2) is 11.3. The van der Waals surface area contributed by atoms with Crippen LogP contribution < -0.4 is 14.8 Å². The molecule has 10 heteroatoms. The molecular formula is C26H20ClFN2O5S. The maximum Gasteiger partial charge on any atom is 0.294 e. The summed E-state index contributed by atoms with van der Waals surface area (Å²) in [5.74, 6) is -0.845. The van der Waals surface area contributed by atoms with Gasteiger partial charge in [0, 0.05) is 5.69 Å². The molecule has 1 saturated heterocycles. The lowest BCUT2D eigenvalue weighted by molar-refractivity contribution is -0.127. The first-order valence-electron chi connectivity index (χ1n) is 10.7. The van der Waals surface area contributed by atoms with Crippen LogP contribution in [0, 0.1) is 5.82 Å². The van der Waals surface area contributed by atoms with Gasteiger partial charge in [0.25, 0.3) is 11.1 Å². The molecule has 0 atom stereocenters. The Morgan fingerprint density at radius 1 is 1.08 bits per heavy atom. The first-order valence-corrected chi connectivity index (χ1v) is 11.9. The molecule has 36 heavy (non-hydrogen) atoms. The molecule has 1 heterocycles. The molecule has 1 N–H and O–H groups in total. The Bertz CT molecular complexity index is 1350. The highest BCUT2D eigenvalue weighted by atomic mass is 35.5. The summed E-state index contributed by atoms with van der Waals surface area (Å²) in [6.45, 7) is -0.131. The number of carbonyl (C=O) groups is 3. The summed E-state index contributed by atoms with van der Waals surface area (Å²) in [5, 5.41) is 1.76. The van der Waals surface area contributed by atoms with Crippen molar-refractivity contribution in [3.8, 4) is 11.5 Å². The average Bonchev–Trinajstić information content (AvgIpc) is 3.13. The van der Waals surface area contributed by atoms with Crippen molar-refractivity contribution >= 4 is 52.2 Å². The minimum absolute atomic E-state index is 0.159. The molecule has 1 fully saturated rings. The fourth-order valence-electron chi connectivity index (χ4n) is 3.33. The third-order valence-electron chi connectivity index (χ3n) is 5.10. The molecule has 3 aromatic rings. The first kappa shape index (κ1) is 25.3. The Morgan fingerprint density at radius 2 is 1.86 bits per heavy atom. The number of imide groups is 1. The van der Waals surface area contributed by atoms with Crippen LogP contribution in [0.4, 0.5) is 14.9 Å². The van der Waals surface area contributed by atoms with Crippen molar-refractivity contribution in [2.45, 2.75) is 6.61 Å². The van der Waals surface area contributed by atoms with Gasteiger partial charge < -0.3 is 14.8 Å². The number of ether oxygens (including phenoxy) is 2. The van der Waals surface area contributed by atoms with E-state index in [2.05, 4.69) is 5.32 Å². The number of anilines is 1. The summed E-state index contributed by atoms with van der Waals surface area (Å²) in [6, 6.07) is 18.5. The lowest BCUT2D eigenvalue weighted by Gasteiger charge is -2.13. The highest BCUT2D eigenvalue weighted by molar-refractivity contribution is 8.18. The topological polar surface area (TPSA) is 84.9 Å². The van der Waals surface area contributed by atoms with Crippen molar-refractivity contribution in [3.63, 3.8) is 0 Å². The van der Waals surface area contributed by atoms with Crippen molar-refractivity contribution in [2.24, 2.45) is 0 Å². The highest BCUT2D eigenvalue weighted by Crippen LogP contribution is 2.35. The van der Waals surface area contributed by atoms with Crippen LogP contribution in [0.25, 0.3) is 6.08 Å². The zero-order valence-corrected chi connectivity index (χ0v) is 20.6. The standard InChI is InChI=1S/C26H20ClFN2O5S/c1-34-22-11-17(7-10-21(22)35-15-16-5-3-2-4-6-16)12-23-25(32)30(26(33)36-23)14-24(31)29-18-8-9-20(28)19(27)13-18/h2-13H,14-15H2,1H3,(H,29,31)/b23-12+. The number of halogens is 2. The van der Waals surface area contributed by atoms with Crippen molar-refractivity contribution < 1.29 is 28.2 Å². The van der Waals surface area contributed by atoms with Gasteiger partial charge in [0.05, 0.1) is 17.0 Å². The van der Waals surface area contributed by atoms with Crippen LogP contribution in [0.5, 0.6) is 11.5 Å². The molecule has 4 rings (SSSR count). The van der Waals surface area contributed by atoms with E-state index in [1.54, 1.807) is 24.3 Å². The molecule has 0 aliphatic carbocycles. The zero-order valence-electron chi connectivity index (χ0n) is 19.0. The van der Waals surface area contributed by atoms with Gasteiger partial charge in [-0.25, -0.2) is 4.39 Å². The van der Waals surface area contributed by atoms with Crippen LogP contribution in [0.1, 0.15) is 11.1 Å². The molecule has 7 nitrogen and oxygen atoms in total. The van der Waals surface area contributed by atoms with Crippen LogP contribution in [0.15, 0.2) is 71.6 Å². The maximum atomic E-state index is 13.3. The average molecular weight is 527 g/mol. The monoisotopic (exact) mass is 526 g/mol. The van der Waals surface area contributed by atoms with Crippen LogP contribution in [0.2, 0.25) is 5.02 Å². The minimum atomic E-state index is -0.627. The second-order valence-corrected chi connectivity index (χ2v) is 9.03. The van der Waals surface area contributed by atoms with Gasteiger partial charge in [0.2, 0.25) is 5.91 Å². The second-order valence-electron chi connectivity index (χ2n) is 7.63. The summed E-state index contributed by atoms with van der Waals surface area (Å²) in [5.41, 5.74) is 1.87. The predicted molar refractivity (Wildman–Crippen MR) is 136 cm³/mol. The van der Waals surface area contributed by atoms with Gasteiger partial charge in [-0.2, -0.15) is 0 Å². The summed E-state index contributed by atoms with van der Waals surface area (Å²) in [6.07, 6.45) is 1.55. The highest BCUT2D eigenvalue weighted by Gasteiger charge is 2.36. The lowest BCUT2D eigenvalue weighted by atomic mass is 10.1. The van der Waals surface area contributed by atoms with Crippen molar-refractivity contribution in [3.05, 3.63) is 93.6 Å². The van der Waals surface area contributed by atoms with E-state index in [1.807, 2.05) is 30.3 Å². The van der Waals surface area contributed by atoms with Crippen molar-refractivity contribution in [2.75, 3.05) is 19.0 Å². The lowest BCUT2D eigenvalue weighted by Crippen LogP contribution is -2.36. The van der Waals surface area contributed by atoms with E-state index in [-0.39, 0.29) is 15.6 Å². The number of hydrogen-bond donors (Lipinski definition) is 1. The molecule has 0 spiro atoms. The van der Waals surface area contributed by atoms with E-state index in [1.165, 1.54) is 19.2 Å². The summed E-state index contributed by atoms with van der Waals surface area (Å²) < 4.78 is 24.6. The Morgan fingerprint density at radius 3 is 2.58 bits per heavy atom. The number of amides is 3. The molecule has 3 amide bonds. The van der Waals surface area contributed by atoms with E-state index in [0.717, 1.165) is 28.3 Å². The summed E-state index contributed by atoms with van der Waals surface area (Å²) >= 11 is 6.44. The number of carbonyl (C=O) groups excluding carboxylic acids is 3. The quantitative estimate of drug-likeness (QED) is 0.377. The first-order chi connectivity index (χ1) is 17.3. The predicted octanol–water partition coefficient (Wildman–Crippen LogP) is 5.74. The van der Waals surface area contributed by atoms with Crippen LogP contribution in [-0.2, 0) is 16.2 Å². The van der Waals surface area contributed by atoms with Gasteiger partial charge in [-0.15, -0.1) is 0 Å². The molecule has 3 aromatic carbocycles. The zero-order chi connectivity index (χ0) is 25.7. The van der Waals surface area contributed by atoms with Gasteiger partial charge >= 0.3 is 0 Å². The smallest absolute Gasteiger partial charge is 0.294 e. The Labute approximate surface area is 215 Å². The van der Waals surface area contributed by atoms with E-state index < -0.39 is 29.4 Å². The largest absolute Gasteiger partial charge is 0.493 e. The number of methoxy groups -OCH3 is 1. The van der Waals surface area contributed by atoms with Crippen molar-refractivity contribution in [1.82, 2.24) is 4.90 Å². The molecule has 0 bridgehead atoms. The van der Waals surface area contributed by atoms with E-state index in [4.69, 9.17) is 21.1 Å². The normalized spacial score (nSPS) is 14.3. The minimum Gasteiger partial charge on any atom is -0.493 e. The van der Waals surface area contributed by atoms with Crippen LogP contribution in [0.3, 0.4) is 0 Å². The van der Waals surface area contributed by atoms with Gasteiger partial charge in [0.1, 0.15) is 19.0 Å². The number of nitrogens with one attached hydrogen (secondary N) is 1. The van der Waals surface area contributed by atoms with E-state index in [0.29, 0.717) is 23.7 Å². The number of rotatable bonds is 8. The van der Waals surface area contributed by atoms with E-state index in [9.17, 15) is 18.8 Å². The Kier molecular flexibility index (Phi) is 7.92. The molecule has 0 aromatic heterocycles. The number of thioether (sulfide) groups is 1. The van der Waals surface area contributed by atoms with Gasteiger partial charge in [-0.05, 0) is 59.3 Å².